The van der Waals surface area contributed by atoms with Crippen molar-refractivity contribution in [3.63, 3.8) is 0 Å². The van der Waals surface area contributed by atoms with Crippen molar-refractivity contribution in [1.82, 2.24) is 9.55 Å². The summed E-state index contributed by atoms with van der Waals surface area (Å²) in [4.78, 5) is 32.0. The van der Waals surface area contributed by atoms with Crippen molar-refractivity contribution in [3.05, 3.63) is 50.9 Å². The first-order valence-corrected chi connectivity index (χ1v) is 11.8. The predicted octanol–water partition coefficient (Wildman–Crippen LogP) is 5.50. The van der Waals surface area contributed by atoms with E-state index >= 15 is 0 Å². The van der Waals surface area contributed by atoms with Crippen LogP contribution in [-0.2, 0) is 34.3 Å². The third-order valence-electron chi connectivity index (χ3n) is 5.63. The number of carbonyl (C=O) groups excluding carboxylic acids is 1. The first kappa shape index (κ1) is 23.2. The van der Waals surface area contributed by atoms with Gasteiger partial charge in [0, 0.05) is 29.8 Å². The van der Waals surface area contributed by atoms with Crippen LogP contribution in [0.15, 0.2) is 29.1 Å². The third-order valence-corrected chi connectivity index (χ3v) is 6.86. The van der Waals surface area contributed by atoms with Gasteiger partial charge in [-0.1, -0.05) is 58.9 Å². The minimum absolute atomic E-state index is 0.0161. The molecule has 0 amide bonds. The van der Waals surface area contributed by atoms with E-state index in [1.807, 2.05) is 6.92 Å². The number of aromatic nitrogens is 2. The third kappa shape index (κ3) is 4.74. The molecule has 0 N–H and O–H groups in total. The molecular formula is C25H32N2O3S. The zero-order valence-corrected chi connectivity index (χ0v) is 20.2. The molecule has 3 rings (SSSR count). The fraction of sp³-hybridized carbons (Fsp3) is 0.480. The Hall–Kier alpha value is -2.47. The SMILES string of the molecule is CCc1sc2nc(CC)n(CCCC(=O)OC)c(=O)c2c1-c1ccc(C(C)(C)C)cc1. The van der Waals surface area contributed by atoms with E-state index in [4.69, 9.17) is 9.72 Å². The number of rotatable bonds is 7. The van der Waals surface area contributed by atoms with E-state index in [0.717, 1.165) is 28.2 Å². The molecule has 0 bridgehead atoms. The molecule has 1 aromatic carbocycles. The summed E-state index contributed by atoms with van der Waals surface area (Å²) >= 11 is 1.61. The van der Waals surface area contributed by atoms with Crippen molar-refractivity contribution >= 4 is 27.5 Å². The predicted molar refractivity (Wildman–Crippen MR) is 128 cm³/mol. The van der Waals surface area contributed by atoms with Crippen molar-refractivity contribution in [3.8, 4) is 11.1 Å². The molecule has 6 heteroatoms. The van der Waals surface area contributed by atoms with Gasteiger partial charge in [0.15, 0.2) is 0 Å². The average molecular weight is 441 g/mol. The normalized spacial score (nSPS) is 11.8. The van der Waals surface area contributed by atoms with Gasteiger partial charge in [-0.05, 0) is 29.4 Å². The molecule has 0 atom stereocenters. The summed E-state index contributed by atoms with van der Waals surface area (Å²) in [6.07, 6.45) is 2.35. The Morgan fingerprint density at radius 3 is 2.35 bits per heavy atom. The second-order valence-electron chi connectivity index (χ2n) is 8.78. The largest absolute Gasteiger partial charge is 0.469 e. The van der Waals surface area contributed by atoms with E-state index in [-0.39, 0.29) is 23.4 Å². The first-order chi connectivity index (χ1) is 14.7. The van der Waals surface area contributed by atoms with Gasteiger partial charge >= 0.3 is 5.97 Å². The highest BCUT2D eigenvalue weighted by molar-refractivity contribution is 7.19. The van der Waals surface area contributed by atoms with Crippen LogP contribution in [-0.4, -0.2) is 22.6 Å². The van der Waals surface area contributed by atoms with Crippen LogP contribution >= 0.6 is 11.3 Å². The van der Waals surface area contributed by atoms with Gasteiger partial charge < -0.3 is 4.74 Å². The molecule has 0 saturated heterocycles. The number of hydrogen-bond donors (Lipinski definition) is 0. The van der Waals surface area contributed by atoms with Gasteiger partial charge in [0.05, 0.1) is 12.5 Å². The van der Waals surface area contributed by atoms with Gasteiger partial charge in [-0.2, -0.15) is 0 Å². The molecule has 5 nitrogen and oxygen atoms in total. The quantitative estimate of drug-likeness (QED) is 0.455. The summed E-state index contributed by atoms with van der Waals surface area (Å²) in [5.41, 5.74) is 3.38. The number of fused-ring (bicyclic) bond motifs is 1. The summed E-state index contributed by atoms with van der Waals surface area (Å²) in [7, 11) is 1.38. The Balaban J connectivity index is 2.14. The molecule has 0 aliphatic heterocycles. The average Bonchev–Trinajstić information content (AvgIpc) is 3.13. The number of carbonyl (C=O) groups is 1. The van der Waals surface area contributed by atoms with Crippen LogP contribution in [0.3, 0.4) is 0 Å². The number of hydrogen-bond acceptors (Lipinski definition) is 5. The summed E-state index contributed by atoms with van der Waals surface area (Å²) < 4.78 is 6.47. The van der Waals surface area contributed by atoms with Gasteiger partial charge in [0.25, 0.3) is 5.56 Å². The Morgan fingerprint density at radius 2 is 1.81 bits per heavy atom. The Kier molecular flexibility index (Phi) is 6.99. The molecule has 0 unspecified atom stereocenters. The zero-order chi connectivity index (χ0) is 22.8. The van der Waals surface area contributed by atoms with E-state index in [1.54, 1.807) is 15.9 Å². The van der Waals surface area contributed by atoms with Crippen LogP contribution in [0, 0.1) is 0 Å². The van der Waals surface area contributed by atoms with Crippen molar-refractivity contribution in [2.24, 2.45) is 0 Å². The summed E-state index contributed by atoms with van der Waals surface area (Å²) in [5, 5.41) is 0.695. The van der Waals surface area contributed by atoms with E-state index in [2.05, 4.69) is 52.0 Å². The number of thiophene rings is 1. The Bertz CT molecular complexity index is 1130. The van der Waals surface area contributed by atoms with Crippen LogP contribution in [0.1, 0.15) is 63.7 Å². The number of aryl methyl sites for hydroxylation is 2. The monoisotopic (exact) mass is 440 g/mol. The zero-order valence-electron chi connectivity index (χ0n) is 19.4. The molecule has 0 spiro atoms. The molecule has 31 heavy (non-hydrogen) atoms. The second kappa shape index (κ2) is 9.35. The van der Waals surface area contributed by atoms with Crippen molar-refractivity contribution in [1.29, 1.82) is 0 Å². The maximum Gasteiger partial charge on any atom is 0.305 e. The molecule has 0 saturated carbocycles. The summed E-state index contributed by atoms with van der Waals surface area (Å²) in [5.74, 6) is 0.504. The Morgan fingerprint density at radius 1 is 1.13 bits per heavy atom. The number of esters is 1. The van der Waals surface area contributed by atoms with Crippen LogP contribution in [0.5, 0.6) is 0 Å². The van der Waals surface area contributed by atoms with Crippen LogP contribution in [0.4, 0.5) is 0 Å². The number of benzene rings is 1. The number of methoxy groups -OCH3 is 1. The van der Waals surface area contributed by atoms with Crippen molar-refractivity contribution < 1.29 is 9.53 Å². The smallest absolute Gasteiger partial charge is 0.305 e. The molecule has 0 aliphatic rings. The van der Waals surface area contributed by atoms with Gasteiger partial charge in [-0.15, -0.1) is 11.3 Å². The molecule has 0 radical (unpaired) electrons. The fourth-order valence-electron chi connectivity index (χ4n) is 3.85. The lowest BCUT2D eigenvalue weighted by Gasteiger charge is -2.19. The highest BCUT2D eigenvalue weighted by Crippen LogP contribution is 2.37. The van der Waals surface area contributed by atoms with E-state index in [0.29, 0.717) is 24.8 Å². The lowest BCUT2D eigenvalue weighted by Crippen LogP contribution is -2.25. The van der Waals surface area contributed by atoms with Gasteiger partial charge in [0.1, 0.15) is 10.7 Å². The highest BCUT2D eigenvalue weighted by Gasteiger charge is 2.21. The van der Waals surface area contributed by atoms with Crippen molar-refractivity contribution in [2.45, 2.75) is 72.3 Å². The van der Waals surface area contributed by atoms with E-state index in [9.17, 15) is 9.59 Å². The molecule has 2 aromatic heterocycles. The minimum Gasteiger partial charge on any atom is -0.469 e. The lowest BCUT2D eigenvalue weighted by atomic mass is 9.86. The number of ether oxygens (including phenoxy) is 1. The maximum absolute atomic E-state index is 13.6. The fourth-order valence-corrected chi connectivity index (χ4v) is 4.99. The number of nitrogens with zero attached hydrogens (tertiary/aromatic N) is 2. The molecule has 0 aliphatic carbocycles. The van der Waals surface area contributed by atoms with Crippen LogP contribution in [0.25, 0.3) is 21.3 Å². The van der Waals surface area contributed by atoms with E-state index < -0.39 is 0 Å². The summed E-state index contributed by atoms with van der Waals surface area (Å²) in [6, 6.07) is 8.55. The molecule has 0 fully saturated rings. The molecule has 166 valence electrons. The molecular weight excluding hydrogens is 408 g/mol. The van der Waals surface area contributed by atoms with Gasteiger partial charge in [-0.25, -0.2) is 4.98 Å². The van der Waals surface area contributed by atoms with Crippen molar-refractivity contribution in [2.75, 3.05) is 7.11 Å². The Labute approximate surface area is 188 Å². The highest BCUT2D eigenvalue weighted by atomic mass is 32.1. The standard InChI is InChI=1S/C25H32N2O3S/c1-7-18-21(16-11-13-17(14-12-16)25(3,4)5)22-23(31-18)26-19(8-2)27(24(22)29)15-9-10-20(28)30-6/h11-14H,7-10,15H2,1-6H3. The maximum atomic E-state index is 13.6. The molecule has 3 aromatic rings. The van der Waals surface area contributed by atoms with E-state index in [1.165, 1.54) is 17.6 Å². The first-order valence-electron chi connectivity index (χ1n) is 10.9. The topological polar surface area (TPSA) is 61.2 Å². The van der Waals surface area contributed by atoms with Crippen LogP contribution < -0.4 is 5.56 Å². The summed E-state index contributed by atoms with van der Waals surface area (Å²) in [6.45, 7) is 11.2. The lowest BCUT2D eigenvalue weighted by molar-refractivity contribution is -0.140. The minimum atomic E-state index is -0.261. The van der Waals surface area contributed by atoms with Gasteiger partial charge in [0.2, 0.25) is 0 Å². The van der Waals surface area contributed by atoms with Crippen LogP contribution in [0.2, 0.25) is 0 Å². The van der Waals surface area contributed by atoms with Gasteiger partial charge in [-0.3, -0.25) is 14.2 Å². The second-order valence-corrected chi connectivity index (χ2v) is 9.86. The molecule has 2 heterocycles.